The molecule has 1 aliphatic heterocycles. The number of rotatable bonds is 4. The molecule has 1 aromatic carbocycles. The zero-order valence-corrected chi connectivity index (χ0v) is 11.2. The predicted molar refractivity (Wildman–Crippen MR) is 70.2 cm³/mol. The molecule has 1 aliphatic rings. The number of alkyl halides is 2. The van der Waals surface area contributed by atoms with Crippen molar-refractivity contribution in [2.24, 2.45) is 11.7 Å². The predicted octanol–water partition coefficient (Wildman–Crippen LogP) is 2.63. The Kier molecular flexibility index (Phi) is 4.37. The second-order valence-electron chi connectivity index (χ2n) is 5.19. The number of halogens is 2. The van der Waals surface area contributed by atoms with Crippen molar-refractivity contribution >= 4 is 0 Å². The normalized spacial score (nSPS) is 25.8. The van der Waals surface area contributed by atoms with Gasteiger partial charge in [-0.25, -0.2) is 0 Å². The topological polar surface area (TPSA) is 38.5 Å². The maximum Gasteiger partial charge on any atom is 0.387 e. The van der Waals surface area contributed by atoms with Gasteiger partial charge in [0, 0.05) is 30.7 Å². The van der Waals surface area contributed by atoms with Gasteiger partial charge in [0.1, 0.15) is 5.75 Å². The molecule has 1 heterocycles. The van der Waals surface area contributed by atoms with Crippen LogP contribution in [-0.4, -0.2) is 30.6 Å². The van der Waals surface area contributed by atoms with E-state index in [1.54, 1.807) is 12.1 Å². The highest BCUT2D eigenvalue weighted by molar-refractivity contribution is 5.35. The van der Waals surface area contributed by atoms with Gasteiger partial charge in [0.05, 0.1) is 0 Å². The second-order valence-corrected chi connectivity index (χ2v) is 5.19. The first kappa shape index (κ1) is 14.2. The second kappa shape index (κ2) is 5.84. The molecule has 0 aromatic heterocycles. The minimum Gasteiger partial charge on any atom is -0.434 e. The van der Waals surface area contributed by atoms with Crippen LogP contribution in [0.3, 0.4) is 0 Å². The number of nitrogens with two attached hydrogens (primary N) is 1. The number of hydrogen-bond donors (Lipinski definition) is 1. The third kappa shape index (κ3) is 3.22. The Hall–Kier alpha value is -1.20. The number of para-hydroxylation sites is 1. The van der Waals surface area contributed by atoms with Crippen LogP contribution in [0, 0.1) is 5.92 Å². The minimum atomic E-state index is -2.80. The van der Waals surface area contributed by atoms with E-state index in [-0.39, 0.29) is 17.8 Å². The van der Waals surface area contributed by atoms with Crippen LogP contribution in [0.4, 0.5) is 8.78 Å². The molecule has 0 bridgehead atoms. The lowest BCUT2D eigenvalue weighted by Gasteiger charge is -2.26. The van der Waals surface area contributed by atoms with E-state index in [2.05, 4.69) is 16.6 Å². The summed E-state index contributed by atoms with van der Waals surface area (Å²) in [6.45, 7) is 2.97. The summed E-state index contributed by atoms with van der Waals surface area (Å²) in [5, 5.41) is 0. The first-order valence-corrected chi connectivity index (χ1v) is 6.52. The zero-order chi connectivity index (χ0) is 14.0. The highest BCUT2D eigenvalue weighted by Crippen LogP contribution is 2.32. The number of likely N-dealkylation sites (tertiary alicyclic amines) is 1. The van der Waals surface area contributed by atoms with Gasteiger partial charge in [0.2, 0.25) is 0 Å². The summed E-state index contributed by atoms with van der Waals surface area (Å²) in [6.07, 6.45) is 0. The fraction of sp³-hybridized carbons (Fsp3) is 0.571. The lowest BCUT2D eigenvalue weighted by Crippen LogP contribution is -2.30. The Morgan fingerprint density at radius 3 is 2.58 bits per heavy atom. The molecule has 106 valence electrons. The third-order valence-corrected chi connectivity index (χ3v) is 3.83. The molecule has 3 unspecified atom stereocenters. The van der Waals surface area contributed by atoms with Gasteiger partial charge in [-0.1, -0.05) is 25.1 Å². The Bertz CT molecular complexity index is 418. The van der Waals surface area contributed by atoms with Gasteiger partial charge in [0.15, 0.2) is 0 Å². The molecular weight excluding hydrogens is 250 g/mol. The maximum atomic E-state index is 12.4. The van der Waals surface area contributed by atoms with Gasteiger partial charge in [-0.3, -0.25) is 4.90 Å². The van der Waals surface area contributed by atoms with E-state index in [4.69, 9.17) is 5.73 Å². The fourth-order valence-corrected chi connectivity index (χ4v) is 2.57. The molecule has 5 heteroatoms. The number of nitrogens with zero attached hydrogens (tertiary/aromatic N) is 1. The number of ether oxygens (including phenoxy) is 1. The molecule has 3 nitrogen and oxygen atoms in total. The summed E-state index contributed by atoms with van der Waals surface area (Å²) >= 11 is 0. The fourth-order valence-electron chi connectivity index (χ4n) is 2.57. The maximum absolute atomic E-state index is 12.4. The van der Waals surface area contributed by atoms with Crippen LogP contribution in [-0.2, 0) is 0 Å². The third-order valence-electron chi connectivity index (χ3n) is 3.83. The lowest BCUT2D eigenvalue weighted by molar-refractivity contribution is -0.0510. The number of benzene rings is 1. The summed E-state index contributed by atoms with van der Waals surface area (Å²) in [7, 11) is 0. The highest BCUT2D eigenvalue weighted by Gasteiger charge is 2.31. The van der Waals surface area contributed by atoms with Gasteiger partial charge in [-0.05, 0) is 18.9 Å². The molecule has 0 spiro atoms. The van der Waals surface area contributed by atoms with Crippen molar-refractivity contribution in [3.63, 3.8) is 0 Å². The number of hydrogen-bond acceptors (Lipinski definition) is 3. The van der Waals surface area contributed by atoms with Crippen molar-refractivity contribution in [3.05, 3.63) is 29.8 Å². The minimum absolute atomic E-state index is 0.0194. The highest BCUT2D eigenvalue weighted by atomic mass is 19.3. The van der Waals surface area contributed by atoms with Crippen molar-refractivity contribution < 1.29 is 13.5 Å². The molecule has 0 saturated carbocycles. The van der Waals surface area contributed by atoms with E-state index >= 15 is 0 Å². The molecule has 3 atom stereocenters. The Balaban J connectivity index is 2.17. The lowest BCUT2D eigenvalue weighted by atomic mass is 10.1. The smallest absolute Gasteiger partial charge is 0.387 e. The largest absolute Gasteiger partial charge is 0.434 e. The Morgan fingerprint density at radius 2 is 2.00 bits per heavy atom. The molecule has 19 heavy (non-hydrogen) atoms. The summed E-state index contributed by atoms with van der Waals surface area (Å²) in [6, 6.07) is 7.11. The van der Waals surface area contributed by atoms with E-state index < -0.39 is 6.61 Å². The Labute approximate surface area is 112 Å². The van der Waals surface area contributed by atoms with Gasteiger partial charge < -0.3 is 10.5 Å². The SMILES string of the molecule is CC1CN(C(C)c2ccccc2OC(F)F)CC1N. The zero-order valence-electron chi connectivity index (χ0n) is 11.2. The van der Waals surface area contributed by atoms with Gasteiger partial charge in [-0.15, -0.1) is 0 Å². The van der Waals surface area contributed by atoms with Crippen molar-refractivity contribution in [2.45, 2.75) is 32.5 Å². The summed E-state index contributed by atoms with van der Waals surface area (Å²) < 4.78 is 29.4. The van der Waals surface area contributed by atoms with Crippen molar-refractivity contribution in [1.82, 2.24) is 4.90 Å². The van der Waals surface area contributed by atoms with Crippen LogP contribution < -0.4 is 10.5 Å². The van der Waals surface area contributed by atoms with Crippen LogP contribution in [0.25, 0.3) is 0 Å². The molecule has 0 radical (unpaired) electrons. The average molecular weight is 270 g/mol. The van der Waals surface area contributed by atoms with Crippen molar-refractivity contribution in [3.8, 4) is 5.75 Å². The molecule has 0 aliphatic carbocycles. The molecule has 2 N–H and O–H groups in total. The van der Waals surface area contributed by atoms with E-state index in [0.717, 1.165) is 18.7 Å². The van der Waals surface area contributed by atoms with Gasteiger partial charge >= 0.3 is 6.61 Å². The Morgan fingerprint density at radius 1 is 1.32 bits per heavy atom. The van der Waals surface area contributed by atoms with Crippen LogP contribution in [0.15, 0.2) is 24.3 Å². The van der Waals surface area contributed by atoms with Crippen LogP contribution in [0.2, 0.25) is 0 Å². The van der Waals surface area contributed by atoms with E-state index in [0.29, 0.717) is 5.92 Å². The average Bonchev–Trinajstić information content (AvgIpc) is 2.69. The first-order valence-electron chi connectivity index (χ1n) is 6.52. The summed E-state index contributed by atoms with van der Waals surface area (Å²) in [5.41, 5.74) is 6.79. The first-order chi connectivity index (χ1) is 8.99. The van der Waals surface area contributed by atoms with E-state index in [9.17, 15) is 8.78 Å². The summed E-state index contributed by atoms with van der Waals surface area (Å²) in [4.78, 5) is 2.21. The van der Waals surface area contributed by atoms with Gasteiger partial charge in [-0.2, -0.15) is 8.78 Å². The van der Waals surface area contributed by atoms with Crippen molar-refractivity contribution in [1.29, 1.82) is 0 Å². The summed E-state index contributed by atoms with van der Waals surface area (Å²) in [5.74, 6) is 0.670. The van der Waals surface area contributed by atoms with Crippen LogP contribution in [0.5, 0.6) is 5.75 Å². The molecule has 1 fully saturated rings. The van der Waals surface area contributed by atoms with Crippen LogP contribution >= 0.6 is 0 Å². The molecule has 0 amide bonds. The van der Waals surface area contributed by atoms with E-state index in [1.165, 1.54) is 0 Å². The monoisotopic (exact) mass is 270 g/mol. The van der Waals surface area contributed by atoms with Crippen LogP contribution in [0.1, 0.15) is 25.5 Å². The molecule has 1 aromatic rings. The molecule has 2 rings (SSSR count). The molecular formula is C14H20F2N2O. The molecule has 1 saturated heterocycles. The standard InChI is InChI=1S/C14H20F2N2O/c1-9-7-18(8-12(9)17)10(2)11-5-3-4-6-13(11)19-14(15)16/h3-6,9-10,12,14H,7-8,17H2,1-2H3. The van der Waals surface area contributed by atoms with Crippen molar-refractivity contribution in [2.75, 3.05) is 13.1 Å². The van der Waals surface area contributed by atoms with E-state index in [1.807, 2.05) is 19.1 Å². The van der Waals surface area contributed by atoms with Gasteiger partial charge in [0.25, 0.3) is 0 Å². The quantitative estimate of drug-likeness (QED) is 0.914.